The first-order valence-corrected chi connectivity index (χ1v) is 21.9. The van der Waals surface area contributed by atoms with Crippen LogP contribution >= 0.6 is 11.3 Å². The molecule has 0 spiro atoms. The summed E-state index contributed by atoms with van der Waals surface area (Å²) in [5, 5.41) is 6.92. The van der Waals surface area contributed by atoms with Gasteiger partial charge in [0.2, 0.25) is 5.95 Å². The molecule has 0 radical (unpaired) electrons. The second kappa shape index (κ2) is 14.2. The molecule has 0 fully saturated rings. The quantitative estimate of drug-likeness (QED) is 0.168. The lowest BCUT2D eigenvalue weighted by Crippen LogP contribution is -2.06. The molecule has 4 heterocycles. The minimum atomic E-state index is 0.568. The second-order valence-electron chi connectivity index (χ2n) is 16.0. The minimum Gasteiger partial charge on any atom is -0.456 e. The lowest BCUT2D eigenvalue weighted by atomic mass is 9.95. The van der Waals surface area contributed by atoms with Crippen LogP contribution in [0.5, 0.6) is 0 Å². The van der Waals surface area contributed by atoms with Crippen molar-refractivity contribution in [2.24, 2.45) is 0 Å². The fourth-order valence-electron chi connectivity index (χ4n) is 9.27. The first-order valence-electron chi connectivity index (χ1n) is 21.1. The largest absolute Gasteiger partial charge is 0.456 e. The number of furan rings is 1. The van der Waals surface area contributed by atoms with Crippen LogP contribution in [-0.4, -0.2) is 19.5 Å². The van der Waals surface area contributed by atoms with Crippen molar-refractivity contribution in [1.82, 2.24) is 19.5 Å². The highest BCUT2D eigenvalue weighted by molar-refractivity contribution is 7.26. The number of thiophene rings is 1. The summed E-state index contributed by atoms with van der Waals surface area (Å²) >= 11 is 1.82. The van der Waals surface area contributed by atoms with Gasteiger partial charge in [0.15, 0.2) is 11.6 Å². The average Bonchev–Trinajstić information content (AvgIpc) is 4.04. The topological polar surface area (TPSA) is 56.7 Å². The lowest BCUT2D eigenvalue weighted by molar-refractivity contribution is 0.669. The Hall–Kier alpha value is -8.19. The SMILES string of the molecule is c1ccc(-c2ccc(-c3nc(-c4ccc(-c5ccccc5)cc4)nc(-n4c5ccccc5c5cc(-c6ccc7oc8ccccc8c7c6)c6c7ccccc7sc6c54)n3)cc2)cc1. The van der Waals surface area contributed by atoms with E-state index in [1.165, 1.54) is 25.7 Å². The van der Waals surface area contributed by atoms with Gasteiger partial charge in [-0.25, -0.2) is 4.98 Å². The Morgan fingerprint density at radius 3 is 1.59 bits per heavy atom. The van der Waals surface area contributed by atoms with Gasteiger partial charge in [-0.05, 0) is 69.8 Å². The summed E-state index contributed by atoms with van der Waals surface area (Å²) in [7, 11) is 0. The highest BCUT2D eigenvalue weighted by Crippen LogP contribution is 2.48. The lowest BCUT2D eigenvalue weighted by Gasteiger charge is -2.13. The van der Waals surface area contributed by atoms with Crippen LogP contribution in [0.3, 0.4) is 0 Å². The minimum absolute atomic E-state index is 0.568. The van der Waals surface area contributed by atoms with Gasteiger partial charge in [0.1, 0.15) is 11.2 Å². The van der Waals surface area contributed by atoms with Crippen LogP contribution in [0.15, 0.2) is 211 Å². The molecular formula is C57H34N4OS. The Bertz CT molecular complexity index is 3790. The summed E-state index contributed by atoms with van der Waals surface area (Å²) in [4.78, 5) is 15.9. The zero-order valence-corrected chi connectivity index (χ0v) is 34.6. The molecule has 63 heavy (non-hydrogen) atoms. The van der Waals surface area contributed by atoms with Crippen molar-refractivity contribution >= 4 is 75.3 Å². The van der Waals surface area contributed by atoms with E-state index in [1.54, 1.807) is 0 Å². The first kappa shape index (κ1) is 35.6. The predicted molar refractivity (Wildman–Crippen MR) is 262 cm³/mol. The Morgan fingerprint density at radius 2 is 0.905 bits per heavy atom. The van der Waals surface area contributed by atoms with Gasteiger partial charge in [0.05, 0.1) is 15.7 Å². The molecule has 6 heteroatoms. The Kier molecular flexibility index (Phi) is 8.01. The fourth-order valence-corrected chi connectivity index (χ4v) is 10.5. The molecule has 9 aromatic carbocycles. The first-order chi connectivity index (χ1) is 31.2. The van der Waals surface area contributed by atoms with E-state index in [1.807, 2.05) is 35.6 Å². The molecule has 0 bridgehead atoms. The van der Waals surface area contributed by atoms with E-state index in [2.05, 4.69) is 187 Å². The molecule has 4 aromatic heterocycles. The van der Waals surface area contributed by atoms with Crippen LogP contribution in [0.2, 0.25) is 0 Å². The number of rotatable bonds is 6. The monoisotopic (exact) mass is 822 g/mol. The Labute approximate surface area is 365 Å². The highest BCUT2D eigenvalue weighted by Gasteiger charge is 2.24. The van der Waals surface area contributed by atoms with Crippen LogP contribution in [-0.2, 0) is 0 Å². The maximum atomic E-state index is 6.28. The van der Waals surface area contributed by atoms with Crippen LogP contribution in [0.4, 0.5) is 0 Å². The summed E-state index contributed by atoms with van der Waals surface area (Å²) in [6.07, 6.45) is 0. The van der Waals surface area contributed by atoms with Crippen LogP contribution < -0.4 is 0 Å². The Morgan fingerprint density at radius 1 is 0.381 bits per heavy atom. The maximum Gasteiger partial charge on any atom is 0.238 e. The van der Waals surface area contributed by atoms with E-state index in [0.29, 0.717) is 17.6 Å². The molecule has 0 atom stereocenters. The van der Waals surface area contributed by atoms with Crippen molar-refractivity contribution in [1.29, 1.82) is 0 Å². The smallest absolute Gasteiger partial charge is 0.238 e. The molecule has 5 nitrogen and oxygen atoms in total. The number of aromatic nitrogens is 4. The van der Waals surface area contributed by atoms with Crippen molar-refractivity contribution in [2.75, 3.05) is 0 Å². The molecule has 0 N–H and O–H groups in total. The number of hydrogen-bond donors (Lipinski definition) is 0. The fraction of sp³-hybridized carbons (Fsp3) is 0. The molecule has 0 saturated heterocycles. The molecule has 0 aliphatic carbocycles. The standard InChI is InChI=1S/C57H34N4OS/c1-3-13-35(14-4-1)37-23-27-39(28-24-37)55-58-56(40-29-25-38(26-30-40)36-15-5-2-6-16-36)60-57(59-55)61-48-20-10-7-17-42(48)47-34-45(52-44-19-9-12-22-51(44)63-54(52)53(47)61)41-31-32-50-46(33-41)43-18-8-11-21-49(43)62-50/h1-34H. The van der Waals surface area contributed by atoms with Gasteiger partial charge in [-0.3, -0.25) is 4.57 Å². The third-order valence-electron chi connectivity index (χ3n) is 12.3. The molecule has 13 aromatic rings. The summed E-state index contributed by atoms with van der Waals surface area (Å²) in [6.45, 7) is 0. The van der Waals surface area contributed by atoms with Crippen molar-refractivity contribution in [3.8, 4) is 62.1 Å². The van der Waals surface area contributed by atoms with Crippen molar-refractivity contribution in [3.05, 3.63) is 206 Å². The van der Waals surface area contributed by atoms with E-state index in [-0.39, 0.29) is 0 Å². The summed E-state index contributed by atoms with van der Waals surface area (Å²) in [6, 6.07) is 72.6. The predicted octanol–water partition coefficient (Wildman–Crippen LogP) is 15.6. The van der Waals surface area contributed by atoms with Crippen LogP contribution in [0, 0.1) is 0 Å². The maximum absolute atomic E-state index is 6.28. The highest BCUT2D eigenvalue weighted by atomic mass is 32.1. The molecule has 0 aliphatic heterocycles. The third-order valence-corrected chi connectivity index (χ3v) is 13.5. The summed E-state index contributed by atoms with van der Waals surface area (Å²) in [5.41, 5.74) is 12.6. The van der Waals surface area contributed by atoms with Crippen molar-refractivity contribution in [2.45, 2.75) is 0 Å². The summed E-state index contributed by atoms with van der Waals surface area (Å²) in [5.74, 6) is 1.79. The second-order valence-corrected chi connectivity index (χ2v) is 17.0. The van der Waals surface area contributed by atoms with Gasteiger partial charge in [-0.2, -0.15) is 9.97 Å². The molecular weight excluding hydrogens is 789 g/mol. The van der Waals surface area contributed by atoms with Crippen LogP contribution in [0.1, 0.15) is 0 Å². The third kappa shape index (κ3) is 5.80. The van der Waals surface area contributed by atoms with E-state index in [9.17, 15) is 0 Å². The van der Waals surface area contributed by atoms with E-state index >= 15 is 0 Å². The molecule has 0 aliphatic rings. The van der Waals surface area contributed by atoms with Crippen LogP contribution in [0.25, 0.3) is 126 Å². The van der Waals surface area contributed by atoms with Gasteiger partial charge in [0, 0.05) is 48.1 Å². The number of hydrogen-bond acceptors (Lipinski definition) is 5. The van der Waals surface area contributed by atoms with Gasteiger partial charge in [-0.15, -0.1) is 11.3 Å². The molecule has 0 unspecified atom stereocenters. The zero-order valence-electron chi connectivity index (χ0n) is 33.7. The van der Waals surface area contributed by atoms with E-state index in [4.69, 9.17) is 19.4 Å². The van der Waals surface area contributed by atoms with E-state index in [0.717, 1.165) is 82.7 Å². The average molecular weight is 823 g/mol. The normalized spacial score (nSPS) is 11.8. The van der Waals surface area contributed by atoms with E-state index < -0.39 is 0 Å². The number of fused-ring (bicyclic) bond motifs is 10. The number of benzene rings is 9. The van der Waals surface area contributed by atoms with Crippen molar-refractivity contribution < 1.29 is 4.42 Å². The zero-order chi connectivity index (χ0) is 41.4. The molecule has 294 valence electrons. The van der Waals surface area contributed by atoms with Gasteiger partial charge >= 0.3 is 0 Å². The Balaban J connectivity index is 1.07. The molecule has 0 saturated carbocycles. The number of nitrogens with zero attached hydrogens (tertiary/aromatic N) is 4. The molecule has 13 rings (SSSR count). The van der Waals surface area contributed by atoms with Gasteiger partial charge in [-0.1, -0.05) is 170 Å². The number of para-hydroxylation sites is 2. The van der Waals surface area contributed by atoms with Gasteiger partial charge in [0.25, 0.3) is 0 Å². The van der Waals surface area contributed by atoms with Crippen molar-refractivity contribution in [3.63, 3.8) is 0 Å². The summed E-state index contributed by atoms with van der Waals surface area (Å²) < 4.78 is 11.0. The molecule has 0 amide bonds. The van der Waals surface area contributed by atoms with Gasteiger partial charge < -0.3 is 4.42 Å².